The molecule has 1 aromatic heterocycles. The van der Waals surface area contributed by atoms with Crippen molar-refractivity contribution in [3.05, 3.63) is 35.5 Å². The second kappa shape index (κ2) is 4.82. The van der Waals surface area contributed by atoms with E-state index in [2.05, 4.69) is 13.8 Å². The molecule has 1 heterocycles. The first kappa shape index (κ1) is 12.6. The van der Waals surface area contributed by atoms with Crippen molar-refractivity contribution >= 4 is 16.9 Å². The lowest BCUT2D eigenvalue weighted by Gasteiger charge is -2.05. The van der Waals surface area contributed by atoms with Crippen LogP contribution in [0.1, 0.15) is 35.7 Å². The zero-order valence-corrected chi connectivity index (χ0v) is 10.6. The fraction of sp³-hybridized carbons (Fsp3) is 0.357. The van der Waals surface area contributed by atoms with E-state index in [1.807, 2.05) is 16.8 Å². The predicted octanol–water partition coefficient (Wildman–Crippen LogP) is 2.46. The van der Waals surface area contributed by atoms with Crippen LogP contribution in [0.25, 0.3) is 10.9 Å². The van der Waals surface area contributed by atoms with Gasteiger partial charge in [0, 0.05) is 18.1 Å². The highest BCUT2D eigenvalue weighted by Gasteiger charge is 2.17. The number of benzene rings is 1. The van der Waals surface area contributed by atoms with Crippen molar-refractivity contribution in [1.82, 2.24) is 4.57 Å². The molecule has 18 heavy (non-hydrogen) atoms. The summed E-state index contributed by atoms with van der Waals surface area (Å²) in [6, 6.07) is 5.30. The largest absolute Gasteiger partial charge is 0.478 e. The van der Waals surface area contributed by atoms with Gasteiger partial charge in [0.25, 0.3) is 0 Å². The molecule has 1 aromatic carbocycles. The Labute approximate surface area is 105 Å². The van der Waals surface area contributed by atoms with Crippen molar-refractivity contribution in [2.45, 2.75) is 26.3 Å². The van der Waals surface area contributed by atoms with Gasteiger partial charge in [0.15, 0.2) is 0 Å². The van der Waals surface area contributed by atoms with E-state index in [4.69, 9.17) is 5.11 Å². The third kappa shape index (κ3) is 1.99. The third-order valence-electron chi connectivity index (χ3n) is 3.12. The number of aliphatic hydroxyl groups excluding tert-OH is 1. The molecular weight excluding hydrogens is 230 g/mol. The highest BCUT2D eigenvalue weighted by molar-refractivity contribution is 6.03. The van der Waals surface area contributed by atoms with Gasteiger partial charge in [-0.25, -0.2) is 4.79 Å². The van der Waals surface area contributed by atoms with Crippen molar-refractivity contribution in [3.63, 3.8) is 0 Å². The molecule has 2 rings (SSSR count). The van der Waals surface area contributed by atoms with Crippen LogP contribution in [0, 0.1) is 0 Å². The topological polar surface area (TPSA) is 62.5 Å². The Morgan fingerprint density at radius 2 is 2.11 bits per heavy atom. The maximum absolute atomic E-state index is 11.3. The summed E-state index contributed by atoms with van der Waals surface area (Å²) in [5.41, 5.74) is 2.09. The number of aromatic nitrogens is 1. The molecule has 0 aliphatic carbocycles. The summed E-state index contributed by atoms with van der Waals surface area (Å²) in [6.07, 6.45) is 1.94. The summed E-state index contributed by atoms with van der Waals surface area (Å²) in [7, 11) is 0. The number of hydrogen-bond donors (Lipinski definition) is 2. The van der Waals surface area contributed by atoms with E-state index in [1.54, 1.807) is 12.1 Å². The lowest BCUT2D eigenvalue weighted by Crippen LogP contribution is -2.05. The molecule has 0 fully saturated rings. The zero-order chi connectivity index (χ0) is 13.3. The van der Waals surface area contributed by atoms with Crippen molar-refractivity contribution in [1.29, 1.82) is 0 Å². The van der Waals surface area contributed by atoms with Crippen molar-refractivity contribution in [2.75, 3.05) is 6.61 Å². The van der Waals surface area contributed by atoms with Crippen LogP contribution in [0.5, 0.6) is 0 Å². The van der Waals surface area contributed by atoms with E-state index >= 15 is 0 Å². The lowest BCUT2D eigenvalue weighted by molar-refractivity contribution is 0.0698. The van der Waals surface area contributed by atoms with E-state index in [9.17, 15) is 9.90 Å². The molecule has 0 atom stereocenters. The first-order valence-corrected chi connectivity index (χ1v) is 6.02. The standard InChI is InChI=1S/C14H17NO3/c1-9(2)12-8-15(6-7-16)13-10(12)4-3-5-11(13)14(17)18/h3-5,8-9,16H,6-7H2,1-2H3,(H,17,18). The van der Waals surface area contributed by atoms with Gasteiger partial charge in [-0.15, -0.1) is 0 Å². The molecule has 0 aliphatic heterocycles. The highest BCUT2D eigenvalue weighted by atomic mass is 16.4. The number of carboxylic acids is 1. The van der Waals surface area contributed by atoms with Gasteiger partial charge >= 0.3 is 5.97 Å². The number of hydrogen-bond acceptors (Lipinski definition) is 2. The Morgan fingerprint density at radius 3 is 2.67 bits per heavy atom. The fourth-order valence-electron chi connectivity index (χ4n) is 2.30. The second-order valence-corrected chi connectivity index (χ2v) is 4.66. The van der Waals surface area contributed by atoms with E-state index in [-0.39, 0.29) is 12.2 Å². The van der Waals surface area contributed by atoms with Crippen LogP contribution in [0.2, 0.25) is 0 Å². The molecule has 2 N–H and O–H groups in total. The molecular formula is C14H17NO3. The van der Waals surface area contributed by atoms with Gasteiger partial charge in [-0.2, -0.15) is 0 Å². The zero-order valence-electron chi connectivity index (χ0n) is 10.6. The number of rotatable bonds is 4. The first-order valence-electron chi connectivity index (χ1n) is 6.02. The summed E-state index contributed by atoms with van der Waals surface area (Å²) < 4.78 is 1.83. The average molecular weight is 247 g/mol. The maximum atomic E-state index is 11.3. The van der Waals surface area contributed by atoms with Crippen LogP contribution < -0.4 is 0 Å². The van der Waals surface area contributed by atoms with Crippen LogP contribution in [0.15, 0.2) is 24.4 Å². The number of carboxylic acid groups (broad SMARTS) is 1. The van der Waals surface area contributed by atoms with Crippen LogP contribution in [0.4, 0.5) is 0 Å². The summed E-state index contributed by atoms with van der Waals surface area (Å²) >= 11 is 0. The van der Waals surface area contributed by atoms with Crippen LogP contribution in [-0.4, -0.2) is 27.4 Å². The Bertz CT molecular complexity index is 584. The Morgan fingerprint density at radius 1 is 1.39 bits per heavy atom. The van der Waals surface area contributed by atoms with Crippen LogP contribution in [0.3, 0.4) is 0 Å². The molecule has 0 amide bonds. The molecule has 0 bridgehead atoms. The molecule has 96 valence electrons. The molecule has 0 aliphatic rings. The van der Waals surface area contributed by atoms with Crippen molar-refractivity contribution < 1.29 is 15.0 Å². The molecule has 0 radical (unpaired) electrons. The van der Waals surface area contributed by atoms with Gasteiger partial charge in [-0.3, -0.25) is 0 Å². The molecule has 0 saturated carbocycles. The smallest absolute Gasteiger partial charge is 0.337 e. The molecule has 0 unspecified atom stereocenters. The summed E-state index contributed by atoms with van der Waals surface area (Å²) in [5, 5.41) is 19.3. The summed E-state index contributed by atoms with van der Waals surface area (Å²) in [6.45, 7) is 4.56. The average Bonchev–Trinajstić information content (AvgIpc) is 2.69. The Hall–Kier alpha value is -1.81. The number of aliphatic hydroxyl groups is 1. The Balaban J connectivity index is 2.78. The number of aromatic carboxylic acids is 1. The second-order valence-electron chi connectivity index (χ2n) is 4.66. The predicted molar refractivity (Wildman–Crippen MR) is 70.1 cm³/mol. The molecule has 0 spiro atoms. The quantitative estimate of drug-likeness (QED) is 0.872. The van der Waals surface area contributed by atoms with Gasteiger partial charge in [-0.1, -0.05) is 26.0 Å². The number of carbonyl (C=O) groups is 1. The molecule has 0 saturated heterocycles. The molecule has 4 nitrogen and oxygen atoms in total. The van der Waals surface area contributed by atoms with E-state index in [0.717, 1.165) is 10.9 Å². The van der Waals surface area contributed by atoms with E-state index < -0.39 is 5.97 Å². The minimum atomic E-state index is -0.937. The number of nitrogens with zero attached hydrogens (tertiary/aromatic N) is 1. The first-order chi connectivity index (χ1) is 8.56. The van der Waals surface area contributed by atoms with Crippen LogP contribution >= 0.6 is 0 Å². The SMILES string of the molecule is CC(C)c1cn(CCO)c2c(C(=O)O)cccc12. The van der Waals surface area contributed by atoms with Gasteiger partial charge < -0.3 is 14.8 Å². The van der Waals surface area contributed by atoms with Crippen molar-refractivity contribution in [3.8, 4) is 0 Å². The van der Waals surface area contributed by atoms with Gasteiger partial charge in [0.05, 0.1) is 17.7 Å². The van der Waals surface area contributed by atoms with Crippen molar-refractivity contribution in [2.24, 2.45) is 0 Å². The number of fused-ring (bicyclic) bond motifs is 1. The minimum absolute atomic E-state index is 0.00469. The third-order valence-corrected chi connectivity index (χ3v) is 3.12. The summed E-state index contributed by atoms with van der Waals surface area (Å²) in [4.78, 5) is 11.3. The van der Waals surface area contributed by atoms with E-state index in [1.165, 1.54) is 0 Å². The van der Waals surface area contributed by atoms with E-state index in [0.29, 0.717) is 18.0 Å². The lowest BCUT2D eigenvalue weighted by atomic mass is 10.0. The molecule has 2 aromatic rings. The minimum Gasteiger partial charge on any atom is -0.478 e. The Kier molecular flexibility index (Phi) is 3.39. The monoisotopic (exact) mass is 247 g/mol. The fourth-order valence-corrected chi connectivity index (χ4v) is 2.30. The van der Waals surface area contributed by atoms with Gasteiger partial charge in [0.1, 0.15) is 0 Å². The van der Waals surface area contributed by atoms with Crippen LogP contribution in [-0.2, 0) is 6.54 Å². The van der Waals surface area contributed by atoms with Gasteiger partial charge in [-0.05, 0) is 17.5 Å². The number of para-hydroxylation sites is 1. The maximum Gasteiger partial charge on any atom is 0.337 e. The molecule has 4 heteroatoms. The highest BCUT2D eigenvalue weighted by Crippen LogP contribution is 2.29. The normalized spacial score (nSPS) is 11.3. The summed E-state index contributed by atoms with van der Waals surface area (Å²) in [5.74, 6) is -0.621. The van der Waals surface area contributed by atoms with Gasteiger partial charge in [0.2, 0.25) is 0 Å².